The SMILES string of the molecule is CCC(=C(c1ccc(O)cc1)c1ccc(OCCNC(=O)CCN2CCN(CCC(=O)N[C@H](C(=O)N3C[C@H](O)C[C@H]3C(=O)NCc3ccc(-c4scnc4C)cc3)C(C)(C)C)CC2)cc1)c1ccc(O)cc1. The Kier molecular flexibility index (Phi) is 18.3. The van der Waals surface area contributed by atoms with Gasteiger partial charge < -0.3 is 50.7 Å². The first-order valence-electron chi connectivity index (χ1n) is 24.9. The Hall–Kier alpha value is -6.59. The zero-order valence-electron chi connectivity index (χ0n) is 42.0. The van der Waals surface area contributed by atoms with Crippen LogP contribution < -0.4 is 20.7 Å². The second kappa shape index (κ2) is 24.7. The van der Waals surface area contributed by atoms with Gasteiger partial charge in [0.1, 0.15) is 35.9 Å². The minimum atomic E-state index is -0.901. The fourth-order valence-corrected chi connectivity index (χ4v) is 10.1. The Labute approximate surface area is 426 Å². The summed E-state index contributed by atoms with van der Waals surface area (Å²) in [6.45, 7) is 14.8. The second-order valence-electron chi connectivity index (χ2n) is 19.7. The maximum atomic E-state index is 14.1. The van der Waals surface area contributed by atoms with E-state index in [4.69, 9.17) is 4.74 Å². The molecule has 0 bridgehead atoms. The molecule has 3 atom stereocenters. The van der Waals surface area contributed by atoms with Crippen molar-refractivity contribution in [2.75, 3.05) is 59.0 Å². The average Bonchev–Trinajstić information content (AvgIpc) is 4.00. The van der Waals surface area contributed by atoms with Gasteiger partial charge in [0, 0.05) is 71.6 Å². The van der Waals surface area contributed by atoms with Crippen LogP contribution in [-0.4, -0.2) is 136 Å². The lowest BCUT2D eigenvalue weighted by Crippen LogP contribution is -2.58. The molecule has 2 fully saturated rings. The first-order chi connectivity index (χ1) is 34.6. The van der Waals surface area contributed by atoms with Crippen LogP contribution >= 0.6 is 11.3 Å². The molecule has 0 unspecified atom stereocenters. The zero-order valence-corrected chi connectivity index (χ0v) is 42.8. The van der Waals surface area contributed by atoms with Crippen molar-refractivity contribution in [3.63, 3.8) is 0 Å². The summed E-state index contributed by atoms with van der Waals surface area (Å²) in [5.74, 6) is 0.00803. The highest BCUT2D eigenvalue weighted by Crippen LogP contribution is 2.36. The van der Waals surface area contributed by atoms with Crippen LogP contribution in [0.1, 0.15) is 81.3 Å². The van der Waals surface area contributed by atoms with E-state index in [9.17, 15) is 34.5 Å². The van der Waals surface area contributed by atoms with Gasteiger partial charge in [0.2, 0.25) is 23.6 Å². The van der Waals surface area contributed by atoms with Crippen molar-refractivity contribution in [2.45, 2.75) is 85.0 Å². The number of benzene rings is 4. The van der Waals surface area contributed by atoms with Crippen molar-refractivity contribution in [1.82, 2.24) is 35.6 Å². The maximum Gasteiger partial charge on any atom is 0.246 e. The lowest BCUT2D eigenvalue weighted by Gasteiger charge is -2.36. The van der Waals surface area contributed by atoms with E-state index in [1.54, 1.807) is 35.6 Å². The summed E-state index contributed by atoms with van der Waals surface area (Å²) >= 11 is 1.58. The second-order valence-corrected chi connectivity index (χ2v) is 20.5. The molecule has 2 saturated heterocycles. The Morgan fingerprint density at radius 3 is 1.90 bits per heavy atom. The van der Waals surface area contributed by atoms with Gasteiger partial charge in [0.05, 0.1) is 28.7 Å². The summed E-state index contributed by atoms with van der Waals surface area (Å²) in [4.78, 5) is 65.1. The van der Waals surface area contributed by atoms with E-state index in [0.29, 0.717) is 38.4 Å². The highest BCUT2D eigenvalue weighted by Gasteiger charge is 2.44. The summed E-state index contributed by atoms with van der Waals surface area (Å²) in [7, 11) is 0. The van der Waals surface area contributed by atoms with Gasteiger partial charge in [0.15, 0.2) is 0 Å². The number of phenolic OH excluding ortho intramolecular Hbond substituents is 2. The van der Waals surface area contributed by atoms with Crippen LogP contribution in [0.15, 0.2) is 103 Å². The molecule has 0 spiro atoms. The van der Waals surface area contributed by atoms with Crippen molar-refractivity contribution >= 4 is 46.1 Å². The lowest BCUT2D eigenvalue weighted by molar-refractivity contribution is -0.144. The third kappa shape index (κ3) is 14.3. The molecule has 1 aromatic heterocycles. The van der Waals surface area contributed by atoms with Gasteiger partial charge in [-0.2, -0.15) is 0 Å². The quantitative estimate of drug-likeness (QED) is 0.0363. The smallest absolute Gasteiger partial charge is 0.246 e. The number of aromatic nitrogens is 1. The molecule has 7 rings (SSSR count). The number of phenols is 2. The summed E-state index contributed by atoms with van der Waals surface area (Å²) in [5, 5.41) is 39.4. The molecule has 2 aliphatic rings. The van der Waals surface area contributed by atoms with Gasteiger partial charge in [-0.3, -0.25) is 19.2 Å². The molecule has 5 aromatic rings. The number of aliphatic hydroxyl groups excluding tert-OH is 1. The van der Waals surface area contributed by atoms with E-state index in [2.05, 4.69) is 37.7 Å². The van der Waals surface area contributed by atoms with Crippen LogP contribution in [0, 0.1) is 12.3 Å². The number of piperazine rings is 1. The fraction of sp³-hybridized carbons (Fsp3) is 0.411. The topological polar surface area (TPSA) is 197 Å². The van der Waals surface area contributed by atoms with Gasteiger partial charge in [-0.25, -0.2) is 4.98 Å². The first-order valence-corrected chi connectivity index (χ1v) is 25.8. The van der Waals surface area contributed by atoms with Gasteiger partial charge in [-0.15, -0.1) is 11.3 Å². The van der Waals surface area contributed by atoms with Crippen LogP contribution in [0.2, 0.25) is 0 Å². The molecular formula is C56H69N7O8S. The molecule has 4 amide bonds. The standard InChI is InChI=1S/C56H69N7O8S/c1-6-47(39-11-17-43(64)18-12-39)51(40-13-19-44(65)20-14-40)41-15-21-46(22-16-41)71-32-25-57-49(67)23-26-61-28-30-62(31-29-61)27-24-50(68)60-53(56(3,4)5)55(70)63-35-45(66)33-48(63)54(69)58-34-38-7-9-42(10-8-38)52-37(2)59-36-72-52/h7-22,36,45,48,53,64-66H,6,23-35H2,1-5H3,(H,57,67)(H,58,69)(H,60,68)/t45-,48+,53-/m1/s1. The van der Waals surface area contributed by atoms with Crippen molar-refractivity contribution < 1.29 is 39.2 Å². The summed E-state index contributed by atoms with van der Waals surface area (Å²) in [6, 6.07) is 28.3. The normalized spacial score (nSPS) is 17.2. The number of amides is 4. The Bertz CT molecular complexity index is 2640. The molecule has 0 saturated carbocycles. The number of aryl methyl sites for hydroxylation is 1. The van der Waals surface area contributed by atoms with Crippen LogP contribution in [0.4, 0.5) is 0 Å². The maximum absolute atomic E-state index is 14.1. The highest BCUT2D eigenvalue weighted by atomic mass is 32.1. The Morgan fingerprint density at radius 1 is 0.778 bits per heavy atom. The number of aliphatic hydroxyl groups is 1. The summed E-state index contributed by atoms with van der Waals surface area (Å²) in [6.07, 6.45) is 0.548. The van der Waals surface area contributed by atoms with E-state index in [1.807, 2.05) is 106 Å². The van der Waals surface area contributed by atoms with Gasteiger partial charge >= 0.3 is 0 Å². The number of hydrogen-bond donors (Lipinski definition) is 6. The van der Waals surface area contributed by atoms with Gasteiger partial charge in [-0.1, -0.05) is 88.4 Å². The number of thiazole rings is 1. The number of rotatable bonds is 20. The number of carbonyl (C=O) groups is 4. The van der Waals surface area contributed by atoms with Crippen LogP contribution in [0.25, 0.3) is 21.6 Å². The van der Waals surface area contributed by atoms with Crippen molar-refractivity contribution in [3.05, 3.63) is 131 Å². The minimum Gasteiger partial charge on any atom is -0.508 e. The minimum absolute atomic E-state index is 0.00730. The fourth-order valence-electron chi connectivity index (χ4n) is 9.27. The van der Waals surface area contributed by atoms with E-state index in [1.165, 1.54) is 4.90 Å². The Balaban J connectivity index is 0.805. The summed E-state index contributed by atoms with van der Waals surface area (Å²) in [5.41, 5.74) is 9.12. The molecule has 72 heavy (non-hydrogen) atoms. The van der Waals surface area contributed by atoms with Crippen molar-refractivity contribution in [3.8, 4) is 27.7 Å². The number of aromatic hydroxyl groups is 2. The van der Waals surface area contributed by atoms with E-state index in [0.717, 1.165) is 82.1 Å². The molecule has 15 nitrogen and oxygen atoms in total. The predicted octanol–water partition coefficient (Wildman–Crippen LogP) is 6.60. The van der Waals surface area contributed by atoms with Gasteiger partial charge in [0.25, 0.3) is 0 Å². The molecule has 0 radical (unpaired) electrons. The average molecular weight is 1000 g/mol. The first kappa shape index (κ1) is 53.2. The van der Waals surface area contributed by atoms with Gasteiger partial charge in [-0.05, 0) is 94.1 Å². The van der Waals surface area contributed by atoms with E-state index in [-0.39, 0.29) is 55.2 Å². The highest BCUT2D eigenvalue weighted by molar-refractivity contribution is 7.13. The number of likely N-dealkylation sites (tertiary alicyclic amines) is 1. The number of allylic oxidation sites excluding steroid dienone is 1. The van der Waals surface area contributed by atoms with Crippen LogP contribution in [-0.2, 0) is 25.7 Å². The molecular weight excluding hydrogens is 931 g/mol. The van der Waals surface area contributed by atoms with Crippen molar-refractivity contribution in [2.24, 2.45) is 5.41 Å². The number of β-amino-alcohol motifs (C(OH)–C–C–N with tert-alkyl or cyclic N) is 1. The van der Waals surface area contributed by atoms with Crippen LogP contribution in [0.5, 0.6) is 17.2 Å². The van der Waals surface area contributed by atoms with Crippen molar-refractivity contribution in [1.29, 1.82) is 0 Å². The number of ether oxygens (including phenoxy) is 1. The lowest BCUT2D eigenvalue weighted by atomic mass is 9.85. The zero-order chi connectivity index (χ0) is 51.4. The molecule has 2 aliphatic heterocycles. The monoisotopic (exact) mass is 999 g/mol. The Morgan fingerprint density at radius 2 is 1.35 bits per heavy atom. The molecule has 16 heteroatoms. The predicted molar refractivity (Wildman–Crippen MR) is 281 cm³/mol. The van der Waals surface area contributed by atoms with Crippen LogP contribution in [0.3, 0.4) is 0 Å². The van der Waals surface area contributed by atoms with E-state index < -0.39 is 29.5 Å². The van der Waals surface area contributed by atoms with E-state index >= 15 is 0 Å². The molecule has 382 valence electrons. The largest absolute Gasteiger partial charge is 0.508 e. The third-order valence-electron chi connectivity index (χ3n) is 13.3. The number of hydrogen-bond acceptors (Lipinski definition) is 12. The number of nitrogens with one attached hydrogen (secondary N) is 3. The number of nitrogens with zero attached hydrogens (tertiary/aromatic N) is 4. The molecule has 0 aliphatic carbocycles. The summed E-state index contributed by atoms with van der Waals surface area (Å²) < 4.78 is 5.99. The number of carbonyl (C=O) groups excluding carboxylic acids is 4. The molecule has 6 N–H and O–H groups in total. The molecule has 3 heterocycles. The third-order valence-corrected chi connectivity index (χ3v) is 14.3. The molecule has 4 aromatic carbocycles.